The molecule has 0 saturated carbocycles. The van der Waals surface area contributed by atoms with Crippen LogP contribution in [0.25, 0.3) is 0 Å². The molecule has 8 heteroatoms. The Morgan fingerprint density at radius 3 is 2.56 bits per heavy atom. The van der Waals surface area contributed by atoms with Gasteiger partial charge in [-0.25, -0.2) is 4.79 Å². The molecule has 3 rings (SSSR count). The number of carbonyl (C=O) groups is 3. The maximum Gasteiger partial charge on any atom is 0.322 e. The van der Waals surface area contributed by atoms with Crippen LogP contribution in [0.4, 0.5) is 10.5 Å². The minimum absolute atomic E-state index is 0.119. The number of amides is 3. The Hall–Kier alpha value is -2.28. The van der Waals surface area contributed by atoms with Crippen molar-refractivity contribution in [2.45, 2.75) is 19.3 Å². The molecule has 3 amide bonds. The Morgan fingerprint density at radius 2 is 1.96 bits per heavy atom. The minimum Gasteiger partial charge on any atom is -0.481 e. The molecule has 1 aromatic carbocycles. The van der Waals surface area contributed by atoms with Gasteiger partial charge in [0.15, 0.2) is 0 Å². The molecule has 0 aromatic heterocycles. The zero-order chi connectivity index (χ0) is 18.0. The second-order valence-electron chi connectivity index (χ2n) is 6.38. The average molecular weight is 366 g/mol. The van der Waals surface area contributed by atoms with E-state index in [0.717, 1.165) is 0 Å². The average Bonchev–Trinajstić information content (AvgIpc) is 3.01. The third-order valence-electron chi connectivity index (χ3n) is 4.71. The lowest BCUT2D eigenvalue weighted by atomic mass is 9.93. The van der Waals surface area contributed by atoms with E-state index in [0.29, 0.717) is 55.3 Å². The SMILES string of the molecule is O=C(O)CC1CCN(C(=O)c2ccc(Cl)c(N3CCNC3=O)c2)CC1. The molecule has 2 heterocycles. The summed E-state index contributed by atoms with van der Waals surface area (Å²) in [7, 11) is 0. The second-order valence-corrected chi connectivity index (χ2v) is 6.79. The highest BCUT2D eigenvalue weighted by Crippen LogP contribution is 2.29. The number of aliphatic carboxylic acids is 1. The predicted octanol–water partition coefficient (Wildman–Crippen LogP) is 2.20. The topological polar surface area (TPSA) is 89.9 Å². The molecule has 2 aliphatic rings. The number of urea groups is 1. The lowest BCUT2D eigenvalue weighted by Gasteiger charge is -2.31. The zero-order valence-electron chi connectivity index (χ0n) is 13.7. The molecule has 25 heavy (non-hydrogen) atoms. The highest BCUT2D eigenvalue weighted by atomic mass is 35.5. The van der Waals surface area contributed by atoms with Crippen LogP contribution in [0.5, 0.6) is 0 Å². The first-order valence-electron chi connectivity index (χ1n) is 8.31. The van der Waals surface area contributed by atoms with Gasteiger partial charge in [0.05, 0.1) is 10.7 Å². The van der Waals surface area contributed by atoms with Crippen molar-refractivity contribution in [2.24, 2.45) is 5.92 Å². The van der Waals surface area contributed by atoms with Crippen LogP contribution >= 0.6 is 11.6 Å². The molecule has 2 N–H and O–H groups in total. The molecule has 7 nitrogen and oxygen atoms in total. The van der Waals surface area contributed by atoms with Gasteiger partial charge in [0.2, 0.25) is 0 Å². The summed E-state index contributed by atoms with van der Waals surface area (Å²) in [6.45, 7) is 2.14. The number of benzene rings is 1. The summed E-state index contributed by atoms with van der Waals surface area (Å²) in [5.41, 5.74) is 1.01. The van der Waals surface area contributed by atoms with Crippen molar-refractivity contribution in [3.63, 3.8) is 0 Å². The molecule has 0 unspecified atom stereocenters. The predicted molar refractivity (Wildman–Crippen MR) is 93.1 cm³/mol. The van der Waals surface area contributed by atoms with Crippen LogP contribution in [0.15, 0.2) is 18.2 Å². The van der Waals surface area contributed by atoms with Crippen LogP contribution in [-0.2, 0) is 4.79 Å². The number of carbonyl (C=O) groups excluding carboxylic acids is 2. The number of nitrogens with zero attached hydrogens (tertiary/aromatic N) is 2. The molecule has 0 spiro atoms. The summed E-state index contributed by atoms with van der Waals surface area (Å²) in [6.07, 6.45) is 1.53. The Bertz CT molecular complexity index is 701. The van der Waals surface area contributed by atoms with E-state index in [-0.39, 0.29) is 24.3 Å². The highest BCUT2D eigenvalue weighted by molar-refractivity contribution is 6.34. The first kappa shape index (κ1) is 17.5. The van der Waals surface area contributed by atoms with E-state index in [4.69, 9.17) is 16.7 Å². The highest BCUT2D eigenvalue weighted by Gasteiger charge is 2.27. The molecular formula is C17H20ClN3O4. The fourth-order valence-electron chi connectivity index (χ4n) is 3.32. The van der Waals surface area contributed by atoms with E-state index in [1.165, 1.54) is 4.90 Å². The van der Waals surface area contributed by atoms with Gasteiger partial charge in [-0.05, 0) is 37.0 Å². The molecule has 2 fully saturated rings. The molecule has 0 aliphatic carbocycles. The Kier molecular flexibility index (Phi) is 5.13. The van der Waals surface area contributed by atoms with Gasteiger partial charge in [0, 0.05) is 38.2 Å². The Morgan fingerprint density at radius 1 is 1.24 bits per heavy atom. The number of carboxylic acids is 1. The van der Waals surface area contributed by atoms with Crippen LogP contribution in [0.3, 0.4) is 0 Å². The lowest BCUT2D eigenvalue weighted by molar-refractivity contribution is -0.138. The maximum absolute atomic E-state index is 12.7. The summed E-state index contributed by atoms with van der Waals surface area (Å²) in [5.74, 6) is -0.794. The summed E-state index contributed by atoms with van der Waals surface area (Å²) in [6, 6.07) is 4.72. The second kappa shape index (κ2) is 7.31. The number of hydrogen-bond acceptors (Lipinski definition) is 3. The Balaban J connectivity index is 1.71. The van der Waals surface area contributed by atoms with E-state index >= 15 is 0 Å². The van der Waals surface area contributed by atoms with Gasteiger partial charge < -0.3 is 15.3 Å². The van der Waals surface area contributed by atoms with E-state index in [2.05, 4.69) is 5.32 Å². The molecule has 2 aliphatic heterocycles. The van der Waals surface area contributed by atoms with Crippen LogP contribution in [0.2, 0.25) is 5.02 Å². The molecular weight excluding hydrogens is 346 g/mol. The number of nitrogens with one attached hydrogen (secondary N) is 1. The molecule has 0 bridgehead atoms. The number of piperidine rings is 1. The lowest BCUT2D eigenvalue weighted by Crippen LogP contribution is -2.39. The fraction of sp³-hybridized carbons (Fsp3) is 0.471. The fourth-order valence-corrected chi connectivity index (χ4v) is 3.54. The number of likely N-dealkylation sites (tertiary alicyclic amines) is 1. The molecule has 134 valence electrons. The summed E-state index contributed by atoms with van der Waals surface area (Å²) < 4.78 is 0. The van der Waals surface area contributed by atoms with Gasteiger partial charge in [-0.15, -0.1) is 0 Å². The van der Waals surface area contributed by atoms with Crippen molar-refractivity contribution < 1.29 is 19.5 Å². The van der Waals surface area contributed by atoms with E-state index in [1.807, 2.05) is 0 Å². The summed E-state index contributed by atoms with van der Waals surface area (Å²) >= 11 is 6.20. The van der Waals surface area contributed by atoms with Crippen molar-refractivity contribution in [3.8, 4) is 0 Å². The number of anilines is 1. The van der Waals surface area contributed by atoms with E-state index in [1.54, 1.807) is 23.1 Å². The number of hydrogen-bond donors (Lipinski definition) is 2. The molecule has 0 radical (unpaired) electrons. The van der Waals surface area contributed by atoms with Gasteiger partial charge in [-0.3, -0.25) is 14.5 Å². The third kappa shape index (κ3) is 3.87. The molecule has 0 atom stereocenters. The number of rotatable bonds is 4. The van der Waals surface area contributed by atoms with Crippen molar-refractivity contribution >= 4 is 35.2 Å². The maximum atomic E-state index is 12.7. The molecule has 1 aromatic rings. The van der Waals surface area contributed by atoms with E-state index in [9.17, 15) is 14.4 Å². The Labute approximate surface area is 150 Å². The minimum atomic E-state index is -0.795. The van der Waals surface area contributed by atoms with Crippen molar-refractivity contribution in [2.75, 3.05) is 31.1 Å². The van der Waals surface area contributed by atoms with Crippen molar-refractivity contribution in [3.05, 3.63) is 28.8 Å². The van der Waals surface area contributed by atoms with Gasteiger partial charge in [-0.1, -0.05) is 11.6 Å². The third-order valence-corrected chi connectivity index (χ3v) is 5.03. The monoisotopic (exact) mass is 365 g/mol. The normalized spacial score (nSPS) is 18.4. The van der Waals surface area contributed by atoms with Crippen LogP contribution in [-0.4, -0.2) is 54.1 Å². The van der Waals surface area contributed by atoms with Gasteiger partial charge in [0.25, 0.3) is 5.91 Å². The largest absolute Gasteiger partial charge is 0.481 e. The first-order valence-corrected chi connectivity index (χ1v) is 8.69. The van der Waals surface area contributed by atoms with E-state index < -0.39 is 5.97 Å². The van der Waals surface area contributed by atoms with Gasteiger partial charge in [0.1, 0.15) is 0 Å². The quantitative estimate of drug-likeness (QED) is 0.855. The van der Waals surface area contributed by atoms with Crippen LogP contribution < -0.4 is 10.2 Å². The van der Waals surface area contributed by atoms with Gasteiger partial charge >= 0.3 is 12.0 Å². The smallest absolute Gasteiger partial charge is 0.322 e. The van der Waals surface area contributed by atoms with Crippen LogP contribution in [0, 0.1) is 5.92 Å². The zero-order valence-corrected chi connectivity index (χ0v) is 14.5. The number of halogens is 1. The molecule has 2 saturated heterocycles. The number of carboxylic acid groups (broad SMARTS) is 1. The standard InChI is InChI=1S/C17H20ClN3O4/c18-13-2-1-12(10-14(13)21-8-5-19-17(21)25)16(24)20-6-3-11(4-7-20)9-15(22)23/h1-2,10-11H,3-9H2,(H,19,25)(H,22,23). The van der Waals surface area contributed by atoms with Gasteiger partial charge in [-0.2, -0.15) is 0 Å². The first-order chi connectivity index (χ1) is 12.0. The van der Waals surface area contributed by atoms with Crippen molar-refractivity contribution in [1.82, 2.24) is 10.2 Å². The van der Waals surface area contributed by atoms with Crippen LogP contribution in [0.1, 0.15) is 29.6 Å². The van der Waals surface area contributed by atoms with Crippen molar-refractivity contribution in [1.29, 1.82) is 0 Å². The summed E-state index contributed by atoms with van der Waals surface area (Å²) in [5, 5.41) is 12.0. The summed E-state index contributed by atoms with van der Waals surface area (Å²) in [4.78, 5) is 38.6.